The van der Waals surface area contributed by atoms with Crippen LogP contribution in [0.25, 0.3) is 22.0 Å². The van der Waals surface area contributed by atoms with Gasteiger partial charge in [-0.15, -0.1) is 0 Å². The van der Waals surface area contributed by atoms with Gasteiger partial charge in [-0.25, -0.2) is 9.97 Å². The van der Waals surface area contributed by atoms with Gasteiger partial charge in [-0.2, -0.15) is 0 Å². The summed E-state index contributed by atoms with van der Waals surface area (Å²) in [6.07, 6.45) is 1.39. The van der Waals surface area contributed by atoms with Crippen LogP contribution in [-0.4, -0.2) is 30.0 Å². The number of hydrogen-bond donors (Lipinski definition) is 0. The van der Waals surface area contributed by atoms with E-state index in [2.05, 4.69) is 9.97 Å². The van der Waals surface area contributed by atoms with Crippen molar-refractivity contribution < 1.29 is 14.3 Å². The van der Waals surface area contributed by atoms with Crippen molar-refractivity contribution >= 4 is 16.7 Å². The van der Waals surface area contributed by atoms with Crippen LogP contribution in [0.3, 0.4) is 0 Å². The molecule has 1 heterocycles. The van der Waals surface area contributed by atoms with Crippen molar-refractivity contribution in [2.45, 2.75) is 0 Å². The lowest BCUT2D eigenvalue weighted by Crippen LogP contribution is -2.06. The van der Waals surface area contributed by atoms with Gasteiger partial charge >= 0.3 is 0 Å². The Morgan fingerprint density at radius 1 is 0.786 bits per heavy atom. The molecule has 0 saturated carbocycles. The SMILES string of the molecule is COc1cc2ncnc(C(=O)c3cccc(-c4ccccc4)c3)c2cc1OC. The van der Waals surface area contributed by atoms with Crippen molar-refractivity contribution in [1.29, 1.82) is 0 Å². The van der Waals surface area contributed by atoms with E-state index in [9.17, 15) is 4.79 Å². The maximum Gasteiger partial charge on any atom is 0.212 e. The Hall–Kier alpha value is -3.73. The second kappa shape index (κ2) is 7.48. The van der Waals surface area contributed by atoms with Crippen molar-refractivity contribution in [3.8, 4) is 22.6 Å². The van der Waals surface area contributed by atoms with E-state index >= 15 is 0 Å². The molecule has 0 spiro atoms. The number of ketones is 1. The molecule has 0 radical (unpaired) electrons. The molecular formula is C23H18N2O3. The first-order chi connectivity index (χ1) is 13.7. The number of carbonyl (C=O) groups is 1. The third kappa shape index (κ3) is 3.18. The smallest absolute Gasteiger partial charge is 0.212 e. The van der Waals surface area contributed by atoms with Gasteiger partial charge < -0.3 is 9.47 Å². The van der Waals surface area contributed by atoms with E-state index in [-0.39, 0.29) is 5.78 Å². The van der Waals surface area contributed by atoms with E-state index in [0.29, 0.717) is 33.7 Å². The zero-order valence-corrected chi connectivity index (χ0v) is 15.5. The molecular weight excluding hydrogens is 352 g/mol. The fraction of sp³-hybridized carbons (Fsp3) is 0.0870. The van der Waals surface area contributed by atoms with Gasteiger partial charge in [0.25, 0.3) is 0 Å². The minimum Gasteiger partial charge on any atom is -0.493 e. The van der Waals surface area contributed by atoms with Crippen LogP contribution in [0.4, 0.5) is 0 Å². The molecule has 0 aliphatic heterocycles. The summed E-state index contributed by atoms with van der Waals surface area (Å²) in [4.78, 5) is 21.8. The second-order valence-electron chi connectivity index (χ2n) is 6.22. The minimum atomic E-state index is -0.169. The van der Waals surface area contributed by atoms with Crippen LogP contribution >= 0.6 is 0 Å². The van der Waals surface area contributed by atoms with Crippen molar-refractivity contribution in [3.63, 3.8) is 0 Å². The summed E-state index contributed by atoms with van der Waals surface area (Å²) in [7, 11) is 3.12. The Morgan fingerprint density at radius 3 is 2.25 bits per heavy atom. The number of hydrogen-bond acceptors (Lipinski definition) is 5. The summed E-state index contributed by atoms with van der Waals surface area (Å²) in [5, 5.41) is 0.621. The lowest BCUT2D eigenvalue weighted by Gasteiger charge is -2.11. The van der Waals surface area contributed by atoms with Crippen molar-refractivity contribution in [2.24, 2.45) is 0 Å². The molecule has 0 aliphatic rings. The number of aromatic nitrogens is 2. The molecule has 5 nitrogen and oxygen atoms in total. The Labute approximate surface area is 162 Å². The largest absolute Gasteiger partial charge is 0.493 e. The Bertz CT molecular complexity index is 1160. The van der Waals surface area contributed by atoms with Crippen LogP contribution in [0, 0.1) is 0 Å². The molecule has 4 aromatic rings. The molecule has 0 aliphatic carbocycles. The molecule has 0 fully saturated rings. The van der Waals surface area contributed by atoms with E-state index < -0.39 is 0 Å². The van der Waals surface area contributed by atoms with Gasteiger partial charge in [0, 0.05) is 17.0 Å². The lowest BCUT2D eigenvalue weighted by molar-refractivity contribution is 0.103. The molecule has 3 aromatic carbocycles. The van der Waals surface area contributed by atoms with Gasteiger partial charge in [0.1, 0.15) is 12.0 Å². The van der Waals surface area contributed by atoms with E-state index in [1.54, 1.807) is 32.4 Å². The van der Waals surface area contributed by atoms with Crippen LogP contribution in [-0.2, 0) is 0 Å². The van der Waals surface area contributed by atoms with Gasteiger partial charge in [0.05, 0.1) is 19.7 Å². The number of methoxy groups -OCH3 is 2. The molecule has 0 saturated heterocycles. The highest BCUT2D eigenvalue weighted by atomic mass is 16.5. The Morgan fingerprint density at radius 2 is 1.50 bits per heavy atom. The monoisotopic (exact) mass is 370 g/mol. The van der Waals surface area contributed by atoms with Gasteiger partial charge in [-0.05, 0) is 23.3 Å². The molecule has 0 amide bonds. The van der Waals surface area contributed by atoms with Gasteiger partial charge in [-0.1, -0.05) is 48.5 Å². The fourth-order valence-corrected chi connectivity index (χ4v) is 3.17. The predicted octanol–water partition coefficient (Wildman–Crippen LogP) is 4.55. The standard InChI is InChI=1S/C23H18N2O3/c1-27-20-12-18-19(13-21(20)28-2)24-14-25-22(18)23(26)17-10-6-9-16(11-17)15-7-4-3-5-8-15/h3-14H,1-2H3. The normalized spacial score (nSPS) is 10.6. The first kappa shape index (κ1) is 17.7. The number of fused-ring (bicyclic) bond motifs is 1. The van der Waals surface area contributed by atoms with E-state index in [4.69, 9.17) is 9.47 Å². The molecule has 5 heteroatoms. The highest BCUT2D eigenvalue weighted by Gasteiger charge is 2.18. The number of nitrogens with zero attached hydrogens (tertiary/aromatic N) is 2. The number of carbonyl (C=O) groups excluding carboxylic acids is 1. The summed E-state index contributed by atoms with van der Waals surface area (Å²) in [6.45, 7) is 0. The molecule has 0 bridgehead atoms. The zero-order chi connectivity index (χ0) is 19.5. The van der Waals surface area contributed by atoms with E-state index in [0.717, 1.165) is 11.1 Å². The summed E-state index contributed by atoms with van der Waals surface area (Å²) in [5.41, 5.74) is 3.54. The van der Waals surface area contributed by atoms with Crippen LogP contribution in [0.2, 0.25) is 0 Å². The fourth-order valence-electron chi connectivity index (χ4n) is 3.17. The van der Waals surface area contributed by atoms with E-state index in [1.807, 2.05) is 48.5 Å². The van der Waals surface area contributed by atoms with Gasteiger partial charge in [0.2, 0.25) is 5.78 Å². The summed E-state index contributed by atoms with van der Waals surface area (Å²) >= 11 is 0. The molecule has 28 heavy (non-hydrogen) atoms. The van der Waals surface area contributed by atoms with Crippen molar-refractivity contribution in [1.82, 2.24) is 9.97 Å². The molecule has 138 valence electrons. The van der Waals surface area contributed by atoms with Crippen LogP contribution in [0.1, 0.15) is 16.1 Å². The maximum absolute atomic E-state index is 13.2. The minimum absolute atomic E-state index is 0.169. The molecule has 0 unspecified atom stereocenters. The summed E-state index contributed by atoms with van der Waals surface area (Å²) < 4.78 is 10.7. The maximum atomic E-state index is 13.2. The van der Waals surface area contributed by atoms with Crippen molar-refractivity contribution in [2.75, 3.05) is 14.2 Å². The summed E-state index contributed by atoms with van der Waals surface area (Å²) in [6, 6.07) is 21.0. The predicted molar refractivity (Wildman–Crippen MR) is 108 cm³/mol. The van der Waals surface area contributed by atoms with Crippen LogP contribution in [0.15, 0.2) is 73.1 Å². The van der Waals surface area contributed by atoms with Crippen LogP contribution < -0.4 is 9.47 Å². The van der Waals surface area contributed by atoms with Crippen LogP contribution in [0.5, 0.6) is 11.5 Å². The first-order valence-corrected chi connectivity index (χ1v) is 8.78. The van der Waals surface area contributed by atoms with Gasteiger partial charge in [0.15, 0.2) is 11.5 Å². The molecule has 0 N–H and O–H groups in total. The molecule has 1 aromatic heterocycles. The Kier molecular flexibility index (Phi) is 4.72. The topological polar surface area (TPSA) is 61.3 Å². The average Bonchev–Trinajstić information content (AvgIpc) is 2.77. The molecule has 4 rings (SSSR count). The third-order valence-corrected chi connectivity index (χ3v) is 4.59. The second-order valence-corrected chi connectivity index (χ2v) is 6.22. The average molecular weight is 370 g/mol. The first-order valence-electron chi connectivity index (χ1n) is 8.78. The number of ether oxygens (including phenoxy) is 2. The highest BCUT2D eigenvalue weighted by Crippen LogP contribution is 2.33. The quantitative estimate of drug-likeness (QED) is 0.483. The highest BCUT2D eigenvalue weighted by molar-refractivity contribution is 6.15. The number of benzene rings is 3. The Balaban J connectivity index is 1.81. The lowest BCUT2D eigenvalue weighted by atomic mass is 9.99. The number of rotatable bonds is 5. The summed E-state index contributed by atoms with van der Waals surface area (Å²) in [5.74, 6) is 0.910. The molecule has 0 atom stereocenters. The van der Waals surface area contributed by atoms with Crippen molar-refractivity contribution in [3.05, 3.63) is 84.3 Å². The van der Waals surface area contributed by atoms with Gasteiger partial charge in [-0.3, -0.25) is 4.79 Å². The zero-order valence-electron chi connectivity index (χ0n) is 15.5. The third-order valence-electron chi connectivity index (χ3n) is 4.59. The van der Waals surface area contributed by atoms with E-state index in [1.165, 1.54) is 6.33 Å².